The Kier molecular flexibility index (Phi) is 9.10. The Labute approximate surface area is 220 Å². The van der Waals surface area contributed by atoms with Gasteiger partial charge in [0.15, 0.2) is 0 Å². The van der Waals surface area contributed by atoms with Crippen molar-refractivity contribution in [3.63, 3.8) is 0 Å². The van der Waals surface area contributed by atoms with Crippen molar-refractivity contribution in [3.05, 3.63) is 95.1 Å². The average Bonchev–Trinajstić information content (AvgIpc) is 2.87. The fourth-order valence-corrected chi connectivity index (χ4v) is 5.82. The van der Waals surface area contributed by atoms with Gasteiger partial charge in [0.05, 0.1) is 10.6 Å². The van der Waals surface area contributed by atoms with Gasteiger partial charge in [0.25, 0.3) is 10.0 Å². The van der Waals surface area contributed by atoms with Gasteiger partial charge in [0, 0.05) is 13.6 Å². The molecule has 37 heavy (non-hydrogen) atoms. The van der Waals surface area contributed by atoms with Crippen molar-refractivity contribution in [1.29, 1.82) is 0 Å². The summed E-state index contributed by atoms with van der Waals surface area (Å²) >= 11 is 0. The molecule has 0 saturated heterocycles. The van der Waals surface area contributed by atoms with E-state index in [0.29, 0.717) is 12.1 Å². The second kappa shape index (κ2) is 12.1. The Bertz CT molecular complexity index is 1340. The molecule has 8 heteroatoms. The Morgan fingerprint density at radius 3 is 2.05 bits per heavy atom. The zero-order valence-electron chi connectivity index (χ0n) is 22.1. The van der Waals surface area contributed by atoms with Gasteiger partial charge in [-0.1, -0.05) is 55.5 Å². The molecule has 0 radical (unpaired) electrons. The molecule has 7 nitrogen and oxygen atoms in total. The first kappa shape index (κ1) is 27.9. The monoisotopic (exact) mass is 521 g/mol. The summed E-state index contributed by atoms with van der Waals surface area (Å²) in [6, 6.07) is 20.4. The summed E-state index contributed by atoms with van der Waals surface area (Å²) in [6.45, 7) is 7.29. The van der Waals surface area contributed by atoms with Gasteiger partial charge in [-0.2, -0.15) is 0 Å². The van der Waals surface area contributed by atoms with E-state index in [4.69, 9.17) is 0 Å². The van der Waals surface area contributed by atoms with Crippen LogP contribution in [0.15, 0.2) is 77.7 Å². The molecule has 0 unspecified atom stereocenters. The standard InChI is InChI=1S/C29H35N3O4S/c1-6-27(29(34)30-5)31(19-24-13-11-10-12-23(24)4)28(33)20-32(25-17-21(2)16-22(3)18-25)37(35,36)26-14-8-7-9-15-26/h7-18,27H,6,19-20H2,1-5H3,(H,30,34)/t27-/m0/s1. The van der Waals surface area contributed by atoms with Crippen LogP contribution in [0.4, 0.5) is 5.69 Å². The second-order valence-corrected chi connectivity index (χ2v) is 11.0. The molecule has 0 saturated carbocycles. The molecule has 196 valence electrons. The number of likely N-dealkylation sites (N-methyl/N-ethyl adjacent to an activating group) is 1. The summed E-state index contributed by atoms with van der Waals surface area (Å²) in [7, 11) is -2.54. The number of sulfonamides is 1. The molecule has 0 aliphatic rings. The number of amides is 2. The minimum Gasteiger partial charge on any atom is -0.357 e. The van der Waals surface area contributed by atoms with Crippen LogP contribution in [0.2, 0.25) is 0 Å². The predicted molar refractivity (Wildman–Crippen MR) is 147 cm³/mol. The third-order valence-corrected chi connectivity index (χ3v) is 8.13. The third kappa shape index (κ3) is 6.57. The maximum atomic E-state index is 14.0. The van der Waals surface area contributed by atoms with E-state index < -0.39 is 28.5 Å². The summed E-state index contributed by atoms with van der Waals surface area (Å²) in [5, 5.41) is 2.64. The van der Waals surface area contributed by atoms with Crippen molar-refractivity contribution >= 4 is 27.5 Å². The second-order valence-electron chi connectivity index (χ2n) is 9.16. The first-order valence-corrected chi connectivity index (χ1v) is 13.7. The molecule has 1 N–H and O–H groups in total. The van der Waals surface area contributed by atoms with Gasteiger partial charge < -0.3 is 10.2 Å². The van der Waals surface area contributed by atoms with Crippen LogP contribution in [-0.4, -0.2) is 44.8 Å². The number of hydrogen-bond acceptors (Lipinski definition) is 4. The van der Waals surface area contributed by atoms with Crippen LogP contribution in [-0.2, 0) is 26.2 Å². The SMILES string of the molecule is CC[C@@H](C(=O)NC)N(Cc1ccccc1C)C(=O)CN(c1cc(C)cc(C)c1)S(=O)(=O)c1ccccc1. The van der Waals surface area contributed by atoms with E-state index in [0.717, 1.165) is 26.6 Å². The number of aryl methyl sites for hydroxylation is 3. The number of nitrogens with one attached hydrogen (secondary N) is 1. The molecule has 2 amide bonds. The Morgan fingerprint density at radius 2 is 1.49 bits per heavy atom. The van der Waals surface area contributed by atoms with Gasteiger partial charge in [-0.3, -0.25) is 13.9 Å². The minimum atomic E-state index is -4.07. The largest absolute Gasteiger partial charge is 0.357 e. The Hall–Kier alpha value is -3.65. The maximum Gasteiger partial charge on any atom is 0.264 e. The first-order chi connectivity index (χ1) is 17.6. The summed E-state index contributed by atoms with van der Waals surface area (Å²) in [4.78, 5) is 28.3. The number of benzene rings is 3. The zero-order valence-corrected chi connectivity index (χ0v) is 22.9. The van der Waals surface area contributed by atoms with E-state index in [1.54, 1.807) is 30.3 Å². The molecule has 0 aromatic heterocycles. The normalized spacial score (nSPS) is 12.0. The van der Waals surface area contributed by atoms with Crippen molar-refractivity contribution in [3.8, 4) is 0 Å². The van der Waals surface area contributed by atoms with E-state index in [-0.39, 0.29) is 17.3 Å². The first-order valence-electron chi connectivity index (χ1n) is 12.3. The molecule has 1 atom stereocenters. The lowest BCUT2D eigenvalue weighted by atomic mass is 10.1. The topological polar surface area (TPSA) is 86.8 Å². The van der Waals surface area contributed by atoms with Crippen molar-refractivity contribution in [2.75, 3.05) is 17.9 Å². The highest BCUT2D eigenvalue weighted by Crippen LogP contribution is 2.27. The Morgan fingerprint density at radius 1 is 0.892 bits per heavy atom. The van der Waals surface area contributed by atoms with Crippen molar-refractivity contribution in [2.45, 2.75) is 51.6 Å². The molecule has 3 rings (SSSR count). The zero-order chi connectivity index (χ0) is 27.2. The molecular formula is C29H35N3O4S. The molecule has 0 fully saturated rings. The average molecular weight is 522 g/mol. The highest BCUT2D eigenvalue weighted by molar-refractivity contribution is 7.92. The fourth-order valence-electron chi connectivity index (χ4n) is 4.40. The van der Waals surface area contributed by atoms with Crippen LogP contribution in [0, 0.1) is 20.8 Å². The highest BCUT2D eigenvalue weighted by atomic mass is 32.2. The van der Waals surface area contributed by atoms with Crippen LogP contribution in [0.5, 0.6) is 0 Å². The smallest absolute Gasteiger partial charge is 0.264 e. The molecule has 3 aromatic carbocycles. The summed E-state index contributed by atoms with van der Waals surface area (Å²) < 4.78 is 28.8. The van der Waals surface area contributed by atoms with E-state index in [1.165, 1.54) is 24.1 Å². The third-order valence-electron chi connectivity index (χ3n) is 6.34. The summed E-state index contributed by atoms with van der Waals surface area (Å²) in [5.41, 5.74) is 4.03. The van der Waals surface area contributed by atoms with Crippen LogP contribution in [0.25, 0.3) is 0 Å². The molecule has 0 bridgehead atoms. The van der Waals surface area contributed by atoms with Gasteiger partial charge in [-0.15, -0.1) is 0 Å². The van der Waals surface area contributed by atoms with Crippen molar-refractivity contribution in [2.24, 2.45) is 0 Å². The highest BCUT2D eigenvalue weighted by Gasteiger charge is 2.33. The van der Waals surface area contributed by atoms with Gasteiger partial charge >= 0.3 is 0 Å². The molecule has 0 aliphatic heterocycles. The van der Waals surface area contributed by atoms with Gasteiger partial charge in [0.1, 0.15) is 12.6 Å². The van der Waals surface area contributed by atoms with Gasteiger partial charge in [0.2, 0.25) is 11.8 Å². The summed E-state index contributed by atoms with van der Waals surface area (Å²) in [5.74, 6) is -0.759. The van der Waals surface area contributed by atoms with Crippen molar-refractivity contribution in [1.82, 2.24) is 10.2 Å². The number of nitrogens with zero attached hydrogens (tertiary/aromatic N) is 2. The lowest BCUT2D eigenvalue weighted by Gasteiger charge is -2.33. The molecule has 3 aromatic rings. The van der Waals surface area contributed by atoms with E-state index in [1.807, 2.05) is 58.0 Å². The number of rotatable bonds is 10. The Balaban J connectivity index is 2.10. The quantitative estimate of drug-likeness (QED) is 0.430. The van der Waals surface area contributed by atoms with Crippen molar-refractivity contribution < 1.29 is 18.0 Å². The number of carbonyl (C=O) groups excluding carboxylic acids is 2. The number of carbonyl (C=O) groups is 2. The molecular weight excluding hydrogens is 486 g/mol. The van der Waals surface area contributed by atoms with Gasteiger partial charge in [-0.05, 0) is 73.7 Å². The van der Waals surface area contributed by atoms with Gasteiger partial charge in [-0.25, -0.2) is 8.42 Å². The number of hydrogen-bond donors (Lipinski definition) is 1. The molecule has 0 aliphatic carbocycles. The van der Waals surface area contributed by atoms with Crippen LogP contribution in [0.3, 0.4) is 0 Å². The predicted octanol–water partition coefficient (Wildman–Crippen LogP) is 4.36. The lowest BCUT2D eigenvalue weighted by Crippen LogP contribution is -2.51. The number of anilines is 1. The van der Waals surface area contributed by atoms with E-state index in [9.17, 15) is 18.0 Å². The van der Waals surface area contributed by atoms with Crippen LogP contribution in [0.1, 0.15) is 35.6 Å². The summed E-state index contributed by atoms with van der Waals surface area (Å²) in [6.07, 6.45) is 0.381. The van der Waals surface area contributed by atoms with E-state index >= 15 is 0 Å². The molecule has 0 heterocycles. The van der Waals surface area contributed by atoms with E-state index in [2.05, 4.69) is 5.32 Å². The molecule has 0 spiro atoms. The van der Waals surface area contributed by atoms with Crippen LogP contribution < -0.4 is 9.62 Å². The maximum absolute atomic E-state index is 14.0. The lowest BCUT2D eigenvalue weighted by molar-refractivity contribution is -0.140. The minimum absolute atomic E-state index is 0.0887. The van der Waals surface area contributed by atoms with Crippen LogP contribution >= 0.6 is 0 Å². The fraction of sp³-hybridized carbons (Fsp3) is 0.310.